The molecule has 1 aliphatic rings. The van der Waals surface area contributed by atoms with E-state index in [0.29, 0.717) is 12.1 Å². The smallest absolute Gasteiger partial charge is 0.416 e. The Balaban J connectivity index is 2.48. The minimum absolute atomic E-state index is 0.0447. The minimum atomic E-state index is -4.52. The number of amides is 1. The lowest BCUT2D eigenvalue weighted by molar-refractivity contribution is -0.137. The molecule has 1 atom stereocenters. The number of carbonyl (C=O) groups excluding carboxylic acids is 1. The average Bonchev–Trinajstić information content (AvgIpc) is 2.54. The first-order valence-electron chi connectivity index (χ1n) is 7.48. The van der Waals surface area contributed by atoms with Crippen LogP contribution in [0.4, 0.5) is 13.2 Å². The minimum Gasteiger partial charge on any atom is -0.496 e. The number of ether oxygens (including phenoxy) is 1. The van der Waals surface area contributed by atoms with Gasteiger partial charge < -0.3 is 10.5 Å². The molecule has 2 N–H and O–H groups in total. The van der Waals surface area contributed by atoms with Crippen molar-refractivity contribution in [1.29, 1.82) is 0 Å². The summed E-state index contributed by atoms with van der Waals surface area (Å²) in [4.78, 5) is 16.8. The molecule has 0 unspecified atom stereocenters. The highest BCUT2D eigenvalue weighted by Crippen LogP contribution is 2.38. The maximum absolute atomic E-state index is 13.0. The standard InChI is InChI=1S/C16H19F3N2O2S/c1-23-12-7-9(16(17,18)19)8-13(24-2)14(12)15(22)21-11-6-4-3-5-10(11)20/h7-8,10H,3-6,20H2,1-2H3/t10-/m0/s1. The summed E-state index contributed by atoms with van der Waals surface area (Å²) in [6.07, 6.45) is 0.353. The van der Waals surface area contributed by atoms with Crippen molar-refractivity contribution in [3.05, 3.63) is 23.3 Å². The maximum Gasteiger partial charge on any atom is 0.416 e. The normalized spacial score (nSPS) is 20.2. The summed E-state index contributed by atoms with van der Waals surface area (Å²) in [6, 6.07) is 1.50. The summed E-state index contributed by atoms with van der Waals surface area (Å²) in [5, 5.41) is 0. The predicted octanol–water partition coefficient (Wildman–Crippen LogP) is 3.92. The Bertz CT molecular complexity index is 634. The van der Waals surface area contributed by atoms with Crippen LogP contribution in [0.5, 0.6) is 5.75 Å². The molecule has 132 valence electrons. The van der Waals surface area contributed by atoms with Gasteiger partial charge in [0.1, 0.15) is 5.75 Å². The molecule has 2 rings (SSSR count). The zero-order chi connectivity index (χ0) is 17.9. The van der Waals surface area contributed by atoms with Crippen molar-refractivity contribution >= 4 is 23.4 Å². The molecule has 24 heavy (non-hydrogen) atoms. The molecule has 0 spiro atoms. The fourth-order valence-electron chi connectivity index (χ4n) is 2.63. The molecule has 0 radical (unpaired) electrons. The molecule has 0 bridgehead atoms. The Kier molecular flexibility index (Phi) is 5.92. The number of hydrogen-bond acceptors (Lipinski definition) is 4. The summed E-state index contributed by atoms with van der Waals surface area (Å²) in [5.74, 6) is -0.745. The second-order valence-corrected chi connectivity index (χ2v) is 6.36. The molecule has 1 aromatic rings. The third-order valence-electron chi connectivity index (χ3n) is 3.92. The number of aliphatic imine (C=N–C) groups is 1. The third kappa shape index (κ3) is 4.10. The van der Waals surface area contributed by atoms with Crippen LogP contribution in [0.3, 0.4) is 0 Å². The number of methoxy groups -OCH3 is 1. The van der Waals surface area contributed by atoms with E-state index in [-0.39, 0.29) is 22.3 Å². The molecular weight excluding hydrogens is 341 g/mol. The molecule has 1 saturated carbocycles. The summed E-state index contributed by atoms with van der Waals surface area (Å²) >= 11 is 1.05. The quantitative estimate of drug-likeness (QED) is 0.830. The highest BCUT2D eigenvalue weighted by atomic mass is 32.2. The highest BCUT2D eigenvalue weighted by Gasteiger charge is 2.33. The van der Waals surface area contributed by atoms with Crippen molar-refractivity contribution in [2.24, 2.45) is 10.7 Å². The van der Waals surface area contributed by atoms with Gasteiger partial charge in [0, 0.05) is 16.6 Å². The number of hydrogen-bond donors (Lipinski definition) is 1. The van der Waals surface area contributed by atoms with Gasteiger partial charge in [-0.25, -0.2) is 4.99 Å². The van der Waals surface area contributed by atoms with E-state index in [1.807, 2.05) is 0 Å². The van der Waals surface area contributed by atoms with Gasteiger partial charge in [-0.3, -0.25) is 4.79 Å². The molecule has 1 aliphatic carbocycles. The molecule has 8 heteroatoms. The van der Waals surface area contributed by atoms with Crippen LogP contribution < -0.4 is 10.5 Å². The molecule has 1 aromatic carbocycles. The van der Waals surface area contributed by atoms with Crippen LogP contribution in [0.2, 0.25) is 0 Å². The predicted molar refractivity (Wildman–Crippen MR) is 88.0 cm³/mol. The van der Waals surface area contributed by atoms with Crippen LogP contribution in [-0.2, 0) is 6.18 Å². The van der Waals surface area contributed by atoms with Gasteiger partial charge in [0.25, 0.3) is 5.91 Å². The van der Waals surface area contributed by atoms with Gasteiger partial charge >= 0.3 is 6.18 Å². The molecule has 0 aromatic heterocycles. The summed E-state index contributed by atoms with van der Waals surface area (Å²) in [5.41, 5.74) is 5.74. The Hall–Kier alpha value is -1.54. The van der Waals surface area contributed by atoms with Gasteiger partial charge in [-0.05, 0) is 37.7 Å². The topological polar surface area (TPSA) is 64.7 Å². The van der Waals surface area contributed by atoms with Crippen LogP contribution in [0.1, 0.15) is 41.6 Å². The first-order chi connectivity index (χ1) is 11.3. The van der Waals surface area contributed by atoms with Crippen molar-refractivity contribution in [3.63, 3.8) is 0 Å². The molecule has 4 nitrogen and oxygen atoms in total. The monoisotopic (exact) mass is 360 g/mol. The van der Waals surface area contributed by atoms with Gasteiger partial charge in [-0.2, -0.15) is 13.2 Å². The van der Waals surface area contributed by atoms with Crippen LogP contribution >= 0.6 is 11.8 Å². The number of nitrogens with zero attached hydrogens (tertiary/aromatic N) is 1. The fraction of sp³-hybridized carbons (Fsp3) is 0.500. The number of nitrogens with two attached hydrogens (primary N) is 1. The molecule has 1 amide bonds. The third-order valence-corrected chi connectivity index (χ3v) is 4.68. The van der Waals surface area contributed by atoms with Gasteiger partial charge in [0.15, 0.2) is 0 Å². The van der Waals surface area contributed by atoms with E-state index in [1.54, 1.807) is 6.26 Å². The van der Waals surface area contributed by atoms with Crippen LogP contribution in [-0.4, -0.2) is 31.0 Å². The zero-order valence-corrected chi connectivity index (χ0v) is 14.3. The zero-order valence-electron chi connectivity index (χ0n) is 13.4. The second-order valence-electron chi connectivity index (χ2n) is 5.51. The second kappa shape index (κ2) is 7.57. The average molecular weight is 360 g/mol. The summed E-state index contributed by atoms with van der Waals surface area (Å²) < 4.78 is 44.0. The van der Waals surface area contributed by atoms with Crippen LogP contribution in [0.15, 0.2) is 22.0 Å². The van der Waals surface area contributed by atoms with Crippen molar-refractivity contribution in [2.75, 3.05) is 13.4 Å². The fourth-order valence-corrected chi connectivity index (χ4v) is 3.27. The number of thioether (sulfide) groups is 1. The Morgan fingerprint density at radius 3 is 2.62 bits per heavy atom. The van der Waals surface area contributed by atoms with Crippen molar-refractivity contribution in [1.82, 2.24) is 0 Å². The highest BCUT2D eigenvalue weighted by molar-refractivity contribution is 7.98. The largest absolute Gasteiger partial charge is 0.496 e. The Morgan fingerprint density at radius 1 is 1.38 bits per heavy atom. The van der Waals surface area contributed by atoms with Crippen LogP contribution in [0.25, 0.3) is 0 Å². The lowest BCUT2D eigenvalue weighted by Gasteiger charge is -2.20. The summed E-state index contributed by atoms with van der Waals surface area (Å²) in [6.45, 7) is 0. The number of halogens is 3. The Morgan fingerprint density at radius 2 is 2.08 bits per heavy atom. The lowest BCUT2D eigenvalue weighted by atomic mass is 9.94. The number of rotatable bonds is 3. The van der Waals surface area contributed by atoms with Gasteiger partial charge in [-0.15, -0.1) is 11.8 Å². The van der Waals surface area contributed by atoms with Crippen LogP contribution in [0, 0.1) is 0 Å². The summed E-state index contributed by atoms with van der Waals surface area (Å²) in [7, 11) is 1.23. The molecule has 0 saturated heterocycles. The van der Waals surface area contributed by atoms with Crippen molar-refractivity contribution in [3.8, 4) is 5.75 Å². The van der Waals surface area contributed by atoms with E-state index < -0.39 is 17.6 Å². The molecule has 0 aliphatic heterocycles. The SMILES string of the molecule is COc1cc(C(F)(F)F)cc(SC)c1C(=O)N=C1CCCC[C@@H]1N. The lowest BCUT2D eigenvalue weighted by Crippen LogP contribution is -2.34. The van der Waals surface area contributed by atoms with Gasteiger partial charge in [-0.1, -0.05) is 6.42 Å². The van der Waals surface area contributed by atoms with E-state index in [9.17, 15) is 18.0 Å². The van der Waals surface area contributed by atoms with E-state index in [2.05, 4.69) is 4.99 Å². The van der Waals surface area contributed by atoms with E-state index >= 15 is 0 Å². The number of benzene rings is 1. The van der Waals surface area contributed by atoms with E-state index in [1.165, 1.54) is 7.11 Å². The maximum atomic E-state index is 13.0. The van der Waals surface area contributed by atoms with Crippen molar-refractivity contribution < 1.29 is 22.7 Å². The molecule has 1 fully saturated rings. The van der Waals surface area contributed by atoms with Gasteiger partial charge in [0.2, 0.25) is 0 Å². The van der Waals surface area contributed by atoms with E-state index in [0.717, 1.165) is 43.2 Å². The number of alkyl halides is 3. The van der Waals surface area contributed by atoms with Crippen molar-refractivity contribution in [2.45, 2.75) is 42.8 Å². The van der Waals surface area contributed by atoms with E-state index in [4.69, 9.17) is 10.5 Å². The first kappa shape index (κ1) is 18.8. The first-order valence-corrected chi connectivity index (χ1v) is 8.71. The molecular formula is C16H19F3N2O2S. The molecule has 0 heterocycles. The van der Waals surface area contributed by atoms with Gasteiger partial charge in [0.05, 0.1) is 18.2 Å². The number of carbonyl (C=O) groups is 1. The Labute approximate surface area is 142 Å².